The van der Waals surface area contributed by atoms with Gasteiger partial charge in [0, 0.05) is 39.1 Å². The molecule has 7 nitrogen and oxygen atoms in total. The van der Waals surface area contributed by atoms with Crippen molar-refractivity contribution in [3.05, 3.63) is 48.2 Å². The third kappa shape index (κ3) is 4.96. The molecule has 0 spiro atoms. The Morgan fingerprint density at radius 1 is 1.32 bits per heavy atom. The maximum Gasteiger partial charge on any atom is 0.271 e. The maximum absolute atomic E-state index is 12.1. The van der Waals surface area contributed by atoms with E-state index in [2.05, 4.69) is 20.3 Å². The van der Waals surface area contributed by atoms with Gasteiger partial charge in [-0.25, -0.2) is 9.97 Å². The van der Waals surface area contributed by atoms with Crippen LogP contribution in [0.4, 0.5) is 5.82 Å². The summed E-state index contributed by atoms with van der Waals surface area (Å²) in [6.45, 7) is 2.11. The summed E-state index contributed by atoms with van der Waals surface area (Å²) in [4.78, 5) is 26.7. The first kappa shape index (κ1) is 17.3. The number of ether oxygens (including phenoxy) is 1. The largest absolute Gasteiger partial charge is 0.376 e. The number of aromatic nitrogens is 3. The van der Waals surface area contributed by atoms with Gasteiger partial charge in [-0.1, -0.05) is 0 Å². The average molecular weight is 341 g/mol. The molecule has 1 atom stereocenters. The van der Waals surface area contributed by atoms with Crippen molar-refractivity contribution in [3.63, 3.8) is 0 Å². The highest BCUT2D eigenvalue weighted by molar-refractivity contribution is 5.92. The number of rotatable bonds is 7. The predicted molar refractivity (Wildman–Crippen MR) is 94.6 cm³/mol. The topological polar surface area (TPSA) is 80.2 Å². The number of pyridine rings is 1. The highest BCUT2D eigenvalue weighted by Gasteiger charge is 2.17. The number of amides is 1. The van der Waals surface area contributed by atoms with Crippen LogP contribution in [0.5, 0.6) is 0 Å². The summed E-state index contributed by atoms with van der Waals surface area (Å²) in [6, 6.07) is 4.00. The van der Waals surface area contributed by atoms with E-state index in [1.165, 1.54) is 11.8 Å². The lowest BCUT2D eigenvalue weighted by atomic mass is 10.2. The van der Waals surface area contributed by atoms with Gasteiger partial charge in [0.05, 0.1) is 18.5 Å². The van der Waals surface area contributed by atoms with Crippen LogP contribution in [0.15, 0.2) is 36.9 Å². The van der Waals surface area contributed by atoms with Crippen molar-refractivity contribution in [2.24, 2.45) is 0 Å². The molecular weight excluding hydrogens is 318 g/mol. The van der Waals surface area contributed by atoms with Gasteiger partial charge in [0.25, 0.3) is 5.91 Å². The molecule has 0 saturated carbocycles. The second kappa shape index (κ2) is 8.53. The fourth-order valence-corrected chi connectivity index (χ4v) is 2.70. The molecule has 7 heteroatoms. The first-order valence-electron chi connectivity index (χ1n) is 8.54. The smallest absolute Gasteiger partial charge is 0.271 e. The molecule has 0 aromatic carbocycles. The number of likely N-dealkylation sites (N-methyl/N-ethyl adjacent to an activating group) is 1. The van der Waals surface area contributed by atoms with Crippen LogP contribution in [-0.2, 0) is 11.2 Å². The Labute approximate surface area is 147 Å². The minimum absolute atomic E-state index is 0.121. The molecule has 0 bridgehead atoms. The number of nitrogens with one attached hydrogen (secondary N) is 1. The normalized spacial score (nSPS) is 16.6. The molecule has 2 aromatic heterocycles. The van der Waals surface area contributed by atoms with E-state index >= 15 is 0 Å². The summed E-state index contributed by atoms with van der Waals surface area (Å²) >= 11 is 0. The third-order valence-corrected chi connectivity index (χ3v) is 4.26. The molecule has 1 unspecified atom stereocenters. The molecule has 1 aliphatic heterocycles. The first-order valence-corrected chi connectivity index (χ1v) is 8.54. The first-order chi connectivity index (χ1) is 12.2. The number of carbonyl (C=O) groups is 1. The zero-order chi connectivity index (χ0) is 17.5. The second-order valence-corrected chi connectivity index (χ2v) is 6.13. The van der Waals surface area contributed by atoms with Gasteiger partial charge in [0.15, 0.2) is 0 Å². The number of carbonyl (C=O) groups excluding carboxylic acids is 1. The summed E-state index contributed by atoms with van der Waals surface area (Å²) in [5.74, 6) is 0.527. The van der Waals surface area contributed by atoms with Crippen molar-refractivity contribution < 1.29 is 9.53 Å². The molecule has 0 aliphatic carbocycles. The highest BCUT2D eigenvalue weighted by Crippen LogP contribution is 2.11. The van der Waals surface area contributed by atoms with Crippen LogP contribution in [0.1, 0.15) is 28.9 Å². The van der Waals surface area contributed by atoms with Crippen LogP contribution in [0.25, 0.3) is 0 Å². The Hall–Kier alpha value is -2.54. The fourth-order valence-electron chi connectivity index (χ4n) is 2.70. The molecule has 3 heterocycles. The monoisotopic (exact) mass is 341 g/mol. The molecule has 0 radical (unpaired) electrons. The minimum Gasteiger partial charge on any atom is -0.376 e. The third-order valence-electron chi connectivity index (χ3n) is 4.26. The summed E-state index contributed by atoms with van der Waals surface area (Å²) in [5, 5.41) is 2.85. The Morgan fingerprint density at radius 2 is 2.16 bits per heavy atom. The van der Waals surface area contributed by atoms with E-state index in [-0.39, 0.29) is 12.0 Å². The quantitative estimate of drug-likeness (QED) is 0.821. The van der Waals surface area contributed by atoms with Crippen molar-refractivity contribution >= 4 is 11.7 Å². The van der Waals surface area contributed by atoms with Crippen molar-refractivity contribution in [1.82, 2.24) is 20.3 Å². The van der Waals surface area contributed by atoms with Crippen molar-refractivity contribution in [2.75, 3.05) is 31.6 Å². The summed E-state index contributed by atoms with van der Waals surface area (Å²) in [7, 11) is 1.96. The Kier molecular flexibility index (Phi) is 5.90. The van der Waals surface area contributed by atoms with Crippen LogP contribution in [0, 0.1) is 0 Å². The molecule has 3 rings (SSSR count). The second-order valence-electron chi connectivity index (χ2n) is 6.13. The van der Waals surface area contributed by atoms with E-state index < -0.39 is 0 Å². The van der Waals surface area contributed by atoms with Crippen LogP contribution in [0.3, 0.4) is 0 Å². The van der Waals surface area contributed by atoms with Crippen molar-refractivity contribution in [3.8, 4) is 0 Å². The lowest BCUT2D eigenvalue weighted by Crippen LogP contribution is -2.32. The average Bonchev–Trinajstić information content (AvgIpc) is 3.19. The van der Waals surface area contributed by atoms with Gasteiger partial charge in [0.1, 0.15) is 11.5 Å². The summed E-state index contributed by atoms with van der Waals surface area (Å²) in [6.07, 6.45) is 9.79. The minimum atomic E-state index is -0.214. The van der Waals surface area contributed by atoms with E-state index in [0.29, 0.717) is 12.2 Å². The number of anilines is 1. The van der Waals surface area contributed by atoms with Gasteiger partial charge < -0.3 is 15.0 Å². The molecule has 1 amide bonds. The Balaban J connectivity index is 1.49. The van der Waals surface area contributed by atoms with Gasteiger partial charge in [0.2, 0.25) is 0 Å². The van der Waals surface area contributed by atoms with Gasteiger partial charge in [-0.05, 0) is 37.0 Å². The van der Waals surface area contributed by atoms with Gasteiger partial charge in [-0.3, -0.25) is 9.78 Å². The number of hydrogen-bond acceptors (Lipinski definition) is 6. The molecule has 132 valence electrons. The Morgan fingerprint density at radius 3 is 2.84 bits per heavy atom. The molecule has 1 saturated heterocycles. The van der Waals surface area contributed by atoms with Gasteiger partial charge in [-0.15, -0.1) is 0 Å². The fraction of sp³-hybridized carbons (Fsp3) is 0.444. The van der Waals surface area contributed by atoms with E-state index in [1.807, 2.05) is 24.1 Å². The SMILES string of the molecule is CN(CCc1ccncc1)c1cnc(C(=O)NCC2CCCO2)cn1. The van der Waals surface area contributed by atoms with E-state index in [4.69, 9.17) is 4.74 Å². The lowest BCUT2D eigenvalue weighted by molar-refractivity contribution is 0.0853. The highest BCUT2D eigenvalue weighted by atomic mass is 16.5. The predicted octanol–water partition coefficient (Wildman–Crippen LogP) is 1.46. The molecule has 2 aromatic rings. The van der Waals surface area contributed by atoms with Gasteiger partial charge >= 0.3 is 0 Å². The van der Waals surface area contributed by atoms with Crippen molar-refractivity contribution in [2.45, 2.75) is 25.4 Å². The van der Waals surface area contributed by atoms with E-state index in [9.17, 15) is 4.79 Å². The lowest BCUT2D eigenvalue weighted by Gasteiger charge is -2.17. The molecular formula is C18H23N5O2. The molecule has 25 heavy (non-hydrogen) atoms. The standard InChI is InChI=1S/C18H23N5O2/c1-23(9-6-14-4-7-19-8-5-14)17-13-20-16(12-21-17)18(24)22-11-15-3-2-10-25-15/h4-5,7-8,12-13,15H,2-3,6,9-11H2,1H3,(H,22,24). The van der Waals surface area contributed by atoms with Crippen LogP contribution >= 0.6 is 0 Å². The van der Waals surface area contributed by atoms with Crippen LogP contribution in [0.2, 0.25) is 0 Å². The van der Waals surface area contributed by atoms with E-state index in [1.54, 1.807) is 18.6 Å². The number of nitrogens with zero attached hydrogens (tertiary/aromatic N) is 4. The maximum atomic E-state index is 12.1. The number of hydrogen-bond donors (Lipinski definition) is 1. The zero-order valence-electron chi connectivity index (χ0n) is 14.4. The van der Waals surface area contributed by atoms with E-state index in [0.717, 1.165) is 38.2 Å². The Bertz CT molecular complexity index is 672. The zero-order valence-corrected chi connectivity index (χ0v) is 14.4. The van der Waals surface area contributed by atoms with Crippen molar-refractivity contribution in [1.29, 1.82) is 0 Å². The van der Waals surface area contributed by atoms with Crippen LogP contribution in [-0.4, -0.2) is 53.7 Å². The summed E-state index contributed by atoms with van der Waals surface area (Å²) < 4.78 is 5.49. The molecule has 1 fully saturated rings. The van der Waals surface area contributed by atoms with Gasteiger partial charge in [-0.2, -0.15) is 0 Å². The summed E-state index contributed by atoms with van der Waals surface area (Å²) in [5.41, 5.74) is 1.55. The van der Waals surface area contributed by atoms with Crippen LogP contribution < -0.4 is 10.2 Å². The molecule has 1 aliphatic rings. The molecule has 1 N–H and O–H groups in total.